The lowest BCUT2D eigenvalue weighted by Gasteiger charge is -2.02. The standard InChI is InChI=1S/C19H15ClN6O5S2/c1-30-12-8-6-11(7-9-12)16-22-15(31-26-16)10-21-33(28,29)19-25-24-18(32-19)23-17(27)13-4-2-3-5-14(13)20/h2-9,21H,10H2,1H3,(H,23,24,27). The normalized spacial score (nSPS) is 11.3. The number of sulfonamides is 1. The molecule has 0 bridgehead atoms. The van der Waals surface area contributed by atoms with Crippen LogP contribution in [0.15, 0.2) is 57.4 Å². The molecule has 0 aliphatic carbocycles. The molecule has 0 saturated heterocycles. The van der Waals surface area contributed by atoms with Crippen LogP contribution in [0.1, 0.15) is 16.2 Å². The van der Waals surface area contributed by atoms with Gasteiger partial charge in [0, 0.05) is 5.56 Å². The van der Waals surface area contributed by atoms with Gasteiger partial charge in [-0.2, -0.15) is 9.71 Å². The number of ether oxygens (including phenoxy) is 1. The Labute approximate surface area is 196 Å². The predicted octanol–water partition coefficient (Wildman–Crippen LogP) is 2.98. The van der Waals surface area contributed by atoms with E-state index in [0.29, 0.717) is 28.5 Å². The lowest BCUT2D eigenvalue weighted by molar-refractivity contribution is 0.102. The number of carbonyl (C=O) groups is 1. The van der Waals surface area contributed by atoms with Gasteiger partial charge in [0.05, 0.1) is 24.2 Å². The fraction of sp³-hybridized carbons (Fsp3) is 0.105. The number of halogens is 1. The third-order valence-corrected chi connectivity index (χ3v) is 7.14. The topological polar surface area (TPSA) is 149 Å². The average molecular weight is 507 g/mol. The Balaban J connectivity index is 1.39. The van der Waals surface area contributed by atoms with Crippen molar-refractivity contribution in [1.29, 1.82) is 0 Å². The average Bonchev–Trinajstić information content (AvgIpc) is 3.48. The number of carbonyl (C=O) groups excluding carboxylic acids is 1. The number of amides is 1. The van der Waals surface area contributed by atoms with Gasteiger partial charge < -0.3 is 9.26 Å². The summed E-state index contributed by atoms with van der Waals surface area (Å²) in [4.78, 5) is 16.5. The first-order valence-electron chi connectivity index (χ1n) is 9.22. The minimum atomic E-state index is -4.04. The van der Waals surface area contributed by atoms with Gasteiger partial charge in [-0.25, -0.2) is 8.42 Å². The molecule has 4 aromatic rings. The Morgan fingerprint density at radius 1 is 1.15 bits per heavy atom. The highest BCUT2D eigenvalue weighted by Gasteiger charge is 2.22. The first kappa shape index (κ1) is 22.8. The molecule has 4 rings (SSSR count). The van der Waals surface area contributed by atoms with Crippen molar-refractivity contribution in [3.8, 4) is 17.1 Å². The Hall–Kier alpha value is -3.39. The molecule has 0 aliphatic rings. The summed E-state index contributed by atoms with van der Waals surface area (Å²) < 4.78 is 37.2. The van der Waals surface area contributed by atoms with E-state index in [9.17, 15) is 13.2 Å². The van der Waals surface area contributed by atoms with Gasteiger partial charge in [0.2, 0.25) is 21.2 Å². The van der Waals surface area contributed by atoms with Crippen LogP contribution in [0, 0.1) is 0 Å². The highest BCUT2D eigenvalue weighted by Crippen LogP contribution is 2.23. The molecule has 2 aromatic heterocycles. The van der Waals surface area contributed by atoms with E-state index < -0.39 is 15.9 Å². The number of aromatic nitrogens is 4. The Kier molecular flexibility index (Phi) is 6.65. The van der Waals surface area contributed by atoms with Crippen LogP contribution in [0.3, 0.4) is 0 Å². The van der Waals surface area contributed by atoms with E-state index in [4.69, 9.17) is 20.9 Å². The van der Waals surface area contributed by atoms with E-state index in [-0.39, 0.29) is 32.5 Å². The van der Waals surface area contributed by atoms with E-state index >= 15 is 0 Å². The first-order chi connectivity index (χ1) is 15.9. The van der Waals surface area contributed by atoms with Crippen LogP contribution in [0.4, 0.5) is 5.13 Å². The van der Waals surface area contributed by atoms with E-state index in [1.807, 2.05) is 0 Å². The third kappa shape index (κ3) is 5.34. The number of hydrogen-bond donors (Lipinski definition) is 2. The third-order valence-electron chi connectivity index (χ3n) is 4.21. The zero-order chi connectivity index (χ0) is 23.4. The van der Waals surface area contributed by atoms with Crippen molar-refractivity contribution in [2.45, 2.75) is 10.9 Å². The lowest BCUT2D eigenvalue weighted by atomic mass is 10.2. The molecule has 2 heterocycles. The van der Waals surface area contributed by atoms with Crippen LogP contribution < -0.4 is 14.8 Å². The molecular formula is C19H15ClN6O5S2. The summed E-state index contributed by atoms with van der Waals surface area (Å²) in [6.07, 6.45) is 0. The largest absolute Gasteiger partial charge is 0.497 e. The molecule has 0 radical (unpaired) electrons. The van der Waals surface area contributed by atoms with Gasteiger partial charge in [0.15, 0.2) is 0 Å². The maximum Gasteiger partial charge on any atom is 0.270 e. The molecule has 0 saturated carbocycles. The van der Waals surface area contributed by atoms with Gasteiger partial charge in [-0.1, -0.05) is 40.2 Å². The molecule has 0 unspecified atom stereocenters. The van der Waals surface area contributed by atoms with Crippen LogP contribution in [0.5, 0.6) is 5.75 Å². The Bertz CT molecular complexity index is 1390. The van der Waals surface area contributed by atoms with Crippen LogP contribution in [0.25, 0.3) is 11.4 Å². The molecule has 0 fully saturated rings. The lowest BCUT2D eigenvalue weighted by Crippen LogP contribution is -2.23. The predicted molar refractivity (Wildman–Crippen MR) is 120 cm³/mol. The summed E-state index contributed by atoms with van der Waals surface area (Å²) >= 11 is 6.68. The summed E-state index contributed by atoms with van der Waals surface area (Å²) in [5, 5.41) is 13.9. The molecule has 0 atom stereocenters. The van der Waals surface area contributed by atoms with Gasteiger partial charge in [0.25, 0.3) is 15.9 Å². The Morgan fingerprint density at radius 3 is 2.64 bits per heavy atom. The van der Waals surface area contributed by atoms with Gasteiger partial charge >= 0.3 is 0 Å². The number of rotatable bonds is 8. The minimum Gasteiger partial charge on any atom is -0.497 e. The highest BCUT2D eigenvalue weighted by atomic mass is 35.5. The molecule has 170 valence electrons. The summed E-state index contributed by atoms with van der Waals surface area (Å²) in [5.41, 5.74) is 0.901. The first-order valence-corrected chi connectivity index (χ1v) is 11.9. The van der Waals surface area contributed by atoms with Crippen molar-refractivity contribution in [2.24, 2.45) is 0 Å². The molecule has 1 amide bonds. The van der Waals surface area contributed by atoms with E-state index in [1.54, 1.807) is 49.6 Å². The number of anilines is 1. The number of hydrogen-bond acceptors (Lipinski definition) is 10. The van der Waals surface area contributed by atoms with Gasteiger partial charge in [-0.3, -0.25) is 10.1 Å². The highest BCUT2D eigenvalue weighted by molar-refractivity contribution is 7.91. The van der Waals surface area contributed by atoms with Crippen LogP contribution in [0.2, 0.25) is 5.02 Å². The molecule has 0 aliphatic heterocycles. The molecule has 14 heteroatoms. The Morgan fingerprint density at radius 2 is 1.91 bits per heavy atom. The maximum atomic E-state index is 12.5. The number of nitrogens with zero attached hydrogens (tertiary/aromatic N) is 4. The minimum absolute atomic E-state index is 0.000114. The van der Waals surface area contributed by atoms with E-state index in [2.05, 4.69) is 30.4 Å². The van der Waals surface area contributed by atoms with Gasteiger partial charge in [-0.05, 0) is 36.4 Å². The smallest absolute Gasteiger partial charge is 0.270 e. The fourth-order valence-electron chi connectivity index (χ4n) is 2.58. The molecule has 33 heavy (non-hydrogen) atoms. The van der Waals surface area contributed by atoms with Crippen LogP contribution in [-0.4, -0.2) is 41.8 Å². The molecule has 11 nitrogen and oxygen atoms in total. The zero-order valence-electron chi connectivity index (χ0n) is 16.9. The van der Waals surface area contributed by atoms with Crippen LogP contribution >= 0.6 is 22.9 Å². The molecule has 2 aromatic carbocycles. The van der Waals surface area contributed by atoms with E-state index in [0.717, 1.165) is 0 Å². The zero-order valence-corrected chi connectivity index (χ0v) is 19.2. The van der Waals surface area contributed by atoms with Crippen molar-refractivity contribution < 1.29 is 22.5 Å². The second kappa shape index (κ2) is 9.62. The van der Waals surface area contributed by atoms with Crippen molar-refractivity contribution in [3.63, 3.8) is 0 Å². The van der Waals surface area contributed by atoms with Gasteiger partial charge in [0.1, 0.15) is 5.75 Å². The van der Waals surface area contributed by atoms with Crippen molar-refractivity contribution >= 4 is 44.0 Å². The number of nitrogens with one attached hydrogen (secondary N) is 2. The van der Waals surface area contributed by atoms with Crippen molar-refractivity contribution in [1.82, 2.24) is 25.1 Å². The molecule has 0 spiro atoms. The summed E-state index contributed by atoms with van der Waals surface area (Å²) in [7, 11) is -2.48. The second-order valence-corrected chi connectivity index (χ2v) is 9.70. The van der Waals surface area contributed by atoms with Gasteiger partial charge in [-0.15, -0.1) is 10.2 Å². The van der Waals surface area contributed by atoms with Crippen molar-refractivity contribution in [2.75, 3.05) is 12.4 Å². The second-order valence-electron chi connectivity index (χ2n) is 6.37. The number of benzene rings is 2. The van der Waals surface area contributed by atoms with E-state index in [1.165, 1.54) is 6.07 Å². The quantitative estimate of drug-likeness (QED) is 0.344. The summed E-state index contributed by atoms with van der Waals surface area (Å²) in [6, 6.07) is 13.4. The van der Waals surface area contributed by atoms with Crippen molar-refractivity contribution in [3.05, 3.63) is 65.0 Å². The molecular weight excluding hydrogens is 492 g/mol. The summed E-state index contributed by atoms with van der Waals surface area (Å²) in [5.74, 6) is 0.494. The molecule has 2 N–H and O–H groups in total. The summed E-state index contributed by atoms with van der Waals surface area (Å²) in [6.45, 7) is -0.258. The fourth-order valence-corrected chi connectivity index (χ4v) is 4.71. The monoisotopic (exact) mass is 506 g/mol. The van der Waals surface area contributed by atoms with Crippen LogP contribution in [-0.2, 0) is 16.6 Å². The maximum absolute atomic E-state index is 12.5. The number of methoxy groups -OCH3 is 1. The SMILES string of the molecule is COc1ccc(-c2noc(CNS(=O)(=O)c3nnc(NC(=O)c4ccccc4Cl)s3)n2)cc1.